The van der Waals surface area contributed by atoms with E-state index in [0.29, 0.717) is 37.7 Å². The molecule has 342 valence electrons. The number of aromatic amines is 1. The third-order valence-corrected chi connectivity index (χ3v) is 12.2. The minimum absolute atomic E-state index is 0.0253. The summed E-state index contributed by atoms with van der Waals surface area (Å²) in [5.74, 6) is -5.93. The van der Waals surface area contributed by atoms with Crippen LogP contribution in [-0.2, 0) is 46.4 Å². The van der Waals surface area contributed by atoms with Crippen molar-refractivity contribution in [1.82, 2.24) is 36.1 Å². The van der Waals surface area contributed by atoms with Crippen LogP contribution in [-0.4, -0.2) is 133 Å². The van der Waals surface area contributed by atoms with Crippen molar-refractivity contribution in [2.45, 2.75) is 128 Å². The van der Waals surface area contributed by atoms with E-state index < -0.39 is 102 Å². The molecule has 9 atom stereocenters. The van der Waals surface area contributed by atoms with E-state index in [0.717, 1.165) is 16.5 Å². The molecule has 5 rings (SSSR count). The van der Waals surface area contributed by atoms with Gasteiger partial charge in [0, 0.05) is 36.6 Å². The predicted molar refractivity (Wildman–Crippen MR) is 233 cm³/mol. The average molecular weight is 875 g/mol. The Kier molecular flexibility index (Phi) is 16.3. The number of hydrogen-bond acceptors (Lipinski definition) is 10. The zero-order valence-electron chi connectivity index (χ0n) is 36.5. The summed E-state index contributed by atoms with van der Waals surface area (Å²) in [5.41, 5.74) is 8.47. The van der Waals surface area contributed by atoms with Crippen LogP contribution in [0.25, 0.3) is 10.9 Å². The molecule has 0 spiro atoms. The van der Waals surface area contributed by atoms with Gasteiger partial charge in [-0.3, -0.25) is 28.8 Å². The van der Waals surface area contributed by atoms with Crippen LogP contribution in [0.4, 0.5) is 0 Å². The van der Waals surface area contributed by atoms with E-state index in [1.54, 1.807) is 39.1 Å². The second kappa shape index (κ2) is 21.4. The number of amides is 6. The van der Waals surface area contributed by atoms with Gasteiger partial charge >= 0.3 is 5.97 Å². The largest absolute Gasteiger partial charge is 0.508 e. The number of para-hydroxylation sites is 1. The Hall–Kier alpha value is -6.01. The number of likely N-dealkylation sites (tertiary alicyclic amines) is 2. The molecule has 3 heterocycles. The summed E-state index contributed by atoms with van der Waals surface area (Å²) >= 11 is 0. The van der Waals surface area contributed by atoms with Crippen molar-refractivity contribution in [2.75, 3.05) is 13.1 Å². The van der Waals surface area contributed by atoms with Crippen LogP contribution in [0.1, 0.15) is 77.8 Å². The van der Waals surface area contributed by atoms with Gasteiger partial charge in [-0.15, -0.1) is 0 Å². The number of nitrogens with zero attached hydrogens (tertiary/aromatic N) is 2. The van der Waals surface area contributed by atoms with Gasteiger partial charge in [-0.2, -0.15) is 0 Å². The number of nitrogens with two attached hydrogens (primary N) is 1. The highest BCUT2D eigenvalue weighted by atomic mass is 16.4. The molecular weight excluding hydrogens is 813 g/mol. The maximum Gasteiger partial charge on any atom is 0.326 e. The number of fused-ring (bicyclic) bond motifs is 1. The summed E-state index contributed by atoms with van der Waals surface area (Å²) in [4.78, 5) is 101. The molecule has 0 aliphatic carbocycles. The molecule has 6 amide bonds. The summed E-state index contributed by atoms with van der Waals surface area (Å²) < 4.78 is 0. The second-order valence-corrected chi connectivity index (χ2v) is 17.1. The highest BCUT2D eigenvalue weighted by Crippen LogP contribution is 2.27. The van der Waals surface area contributed by atoms with E-state index in [2.05, 4.69) is 26.3 Å². The maximum atomic E-state index is 14.5. The third-order valence-electron chi connectivity index (χ3n) is 12.2. The van der Waals surface area contributed by atoms with E-state index in [1.807, 2.05) is 31.2 Å². The molecule has 0 saturated carbocycles. The Bertz CT molecular complexity index is 2120. The van der Waals surface area contributed by atoms with Gasteiger partial charge in [0.05, 0.1) is 12.1 Å². The van der Waals surface area contributed by atoms with Gasteiger partial charge in [0.2, 0.25) is 35.4 Å². The molecule has 0 bridgehead atoms. The fraction of sp³-hybridized carbons (Fsp3) is 0.533. The van der Waals surface area contributed by atoms with Gasteiger partial charge in [-0.1, -0.05) is 64.4 Å². The Labute approximate surface area is 366 Å². The Morgan fingerprint density at radius 3 is 2.05 bits per heavy atom. The minimum atomic E-state index is -1.53. The van der Waals surface area contributed by atoms with Crippen LogP contribution in [0, 0.1) is 11.8 Å². The smallest absolute Gasteiger partial charge is 0.326 e. The zero-order chi connectivity index (χ0) is 46.1. The van der Waals surface area contributed by atoms with E-state index in [1.165, 1.54) is 28.9 Å². The molecule has 0 unspecified atom stereocenters. The number of carboxylic acid groups (broad SMARTS) is 1. The number of aliphatic hydroxyl groups excluding tert-OH is 1. The van der Waals surface area contributed by atoms with Crippen molar-refractivity contribution in [2.24, 2.45) is 17.6 Å². The molecule has 18 nitrogen and oxygen atoms in total. The number of aromatic hydroxyl groups is 1. The van der Waals surface area contributed by atoms with Gasteiger partial charge in [-0.25, -0.2) is 4.79 Å². The summed E-state index contributed by atoms with van der Waals surface area (Å²) in [6.45, 7) is 8.74. The average Bonchev–Trinajstić information content (AvgIpc) is 4.04. The SMILES string of the molecule is CC[C@H](C)[C@H](NC(=O)[C@H](Cc1ccc(O)cc1)NC(=O)[C@@H](NC(=O)[C@@H](N)Cc1c[nH]c2ccccc12)[C@@H](C)O)C(=O)N1CCC[C@H]1C(=O)N1CCC[C@H]1C(=O)N[C@H](C(=O)O)C(C)C. The number of aliphatic carboxylic acids is 1. The van der Waals surface area contributed by atoms with Gasteiger partial charge in [0.25, 0.3) is 0 Å². The lowest BCUT2D eigenvalue weighted by Crippen LogP contribution is -2.62. The fourth-order valence-corrected chi connectivity index (χ4v) is 8.29. The maximum absolute atomic E-state index is 14.5. The van der Waals surface area contributed by atoms with E-state index >= 15 is 0 Å². The van der Waals surface area contributed by atoms with Crippen LogP contribution in [0.15, 0.2) is 54.7 Å². The Balaban J connectivity index is 1.32. The quantitative estimate of drug-likeness (QED) is 0.0822. The number of rotatable bonds is 19. The first-order valence-electron chi connectivity index (χ1n) is 21.7. The number of aliphatic hydroxyl groups is 1. The molecule has 63 heavy (non-hydrogen) atoms. The first-order valence-corrected chi connectivity index (χ1v) is 21.7. The molecule has 2 saturated heterocycles. The topological polar surface area (TPSA) is 277 Å². The van der Waals surface area contributed by atoms with Crippen LogP contribution in [0.3, 0.4) is 0 Å². The normalized spacial score (nSPS) is 19.7. The molecule has 2 aliphatic rings. The summed E-state index contributed by atoms with van der Waals surface area (Å²) in [7, 11) is 0. The highest BCUT2D eigenvalue weighted by molar-refractivity contribution is 5.98. The molecule has 0 radical (unpaired) electrons. The monoisotopic (exact) mass is 874 g/mol. The van der Waals surface area contributed by atoms with Crippen LogP contribution < -0.4 is 27.0 Å². The van der Waals surface area contributed by atoms with Gasteiger partial charge in [-0.05, 0) is 80.2 Å². The van der Waals surface area contributed by atoms with Crippen LogP contribution in [0.5, 0.6) is 5.75 Å². The first-order chi connectivity index (χ1) is 29.9. The molecular formula is C45H62N8O10. The van der Waals surface area contributed by atoms with Gasteiger partial charge in [0.1, 0.15) is 42.0 Å². The predicted octanol–water partition coefficient (Wildman–Crippen LogP) is 1.07. The number of carbonyl (C=O) groups is 7. The molecule has 2 aliphatic heterocycles. The Morgan fingerprint density at radius 1 is 0.778 bits per heavy atom. The number of benzene rings is 2. The molecule has 1 aromatic heterocycles. The second-order valence-electron chi connectivity index (χ2n) is 17.1. The number of aromatic nitrogens is 1. The fourth-order valence-electron chi connectivity index (χ4n) is 8.29. The molecule has 10 N–H and O–H groups in total. The third kappa shape index (κ3) is 11.7. The van der Waals surface area contributed by atoms with Crippen molar-refractivity contribution in [3.8, 4) is 5.75 Å². The number of hydrogen-bond donors (Lipinski definition) is 9. The van der Waals surface area contributed by atoms with Crippen molar-refractivity contribution >= 4 is 52.3 Å². The summed E-state index contributed by atoms with van der Waals surface area (Å²) in [6.07, 6.45) is 2.45. The number of nitrogens with one attached hydrogen (secondary N) is 5. The number of carboxylic acids is 1. The lowest BCUT2D eigenvalue weighted by Gasteiger charge is -2.35. The van der Waals surface area contributed by atoms with Gasteiger partial charge in [0.15, 0.2) is 0 Å². The highest BCUT2D eigenvalue weighted by Gasteiger charge is 2.45. The van der Waals surface area contributed by atoms with Crippen molar-refractivity contribution in [3.63, 3.8) is 0 Å². The lowest BCUT2D eigenvalue weighted by molar-refractivity contribution is -0.149. The number of phenols is 1. The standard InChI is InChI=1S/C45H62N8O10/c1-6-25(4)37(44(61)53-20-10-14-35(53)43(60)52-19-9-13-34(52)41(58)49-36(24(2)3)45(62)63)50-40(57)33(21-27-15-17-29(55)18-16-27)48-42(59)38(26(5)54)51-39(56)31(46)22-28-23-47-32-12-8-7-11-30(28)32/h7-8,11-12,15-18,23-26,31,33-38,47,54-55H,6,9-10,13-14,19-22,46H2,1-5H3,(H,48,59)(H,49,58)(H,50,57)(H,51,56)(H,62,63)/t25-,26+,31-,33-,34-,35-,36-,37-,38-/m0/s1. The molecule has 3 aromatic rings. The van der Waals surface area contributed by atoms with Crippen LogP contribution >= 0.6 is 0 Å². The number of phenolic OH excluding ortho intramolecular Hbond substituents is 1. The van der Waals surface area contributed by atoms with Crippen LogP contribution in [0.2, 0.25) is 0 Å². The van der Waals surface area contributed by atoms with Gasteiger partial charge < -0.3 is 57.1 Å². The lowest BCUT2D eigenvalue weighted by atomic mass is 9.96. The van der Waals surface area contributed by atoms with Crippen molar-refractivity contribution in [3.05, 3.63) is 65.9 Å². The first kappa shape index (κ1) is 48.0. The minimum Gasteiger partial charge on any atom is -0.508 e. The zero-order valence-corrected chi connectivity index (χ0v) is 36.5. The summed E-state index contributed by atoms with van der Waals surface area (Å²) in [5, 5.41) is 41.8. The Morgan fingerprint density at radius 2 is 1.41 bits per heavy atom. The van der Waals surface area contributed by atoms with Crippen molar-refractivity contribution in [1.29, 1.82) is 0 Å². The molecule has 18 heteroatoms. The molecule has 2 aromatic carbocycles. The van der Waals surface area contributed by atoms with E-state index in [-0.39, 0.29) is 31.7 Å². The number of H-pyrrole nitrogens is 1. The van der Waals surface area contributed by atoms with E-state index in [9.17, 15) is 48.9 Å². The van der Waals surface area contributed by atoms with Crippen molar-refractivity contribution < 1.29 is 48.9 Å². The number of carbonyl (C=O) groups excluding carboxylic acids is 6. The molecule has 2 fully saturated rings. The van der Waals surface area contributed by atoms with E-state index in [4.69, 9.17) is 5.73 Å². The summed E-state index contributed by atoms with van der Waals surface area (Å²) in [6, 6.07) is 5.37.